The Morgan fingerprint density at radius 2 is 1.59 bits per heavy atom. The number of hydrogen-bond acceptors (Lipinski definition) is 18. The van der Waals surface area contributed by atoms with Gasteiger partial charge in [-0.25, -0.2) is 4.79 Å². The molecule has 18 heteroatoms. The molecule has 4 aliphatic carbocycles. The molecule has 8 fully saturated rings. The van der Waals surface area contributed by atoms with Crippen LogP contribution < -0.4 is 0 Å². The van der Waals surface area contributed by atoms with Crippen molar-refractivity contribution in [1.82, 2.24) is 0 Å². The second-order valence-electron chi connectivity index (χ2n) is 21.9. The maximum Gasteiger partial charge on any atom is 0.374 e. The number of hydrogen-bond donors (Lipinski definition) is 7. The summed E-state index contributed by atoms with van der Waals surface area (Å²) in [5.74, 6) is 3.79. The van der Waals surface area contributed by atoms with Crippen molar-refractivity contribution in [3.05, 3.63) is 35.8 Å². The first-order valence-electron chi connectivity index (χ1n) is 24.8. The number of aliphatic hydroxyl groups is 7. The fraction of sp³-hybridized carbons (Fsp3) is 0.820. The Hall–Kier alpha value is -2.55. The molecule has 68 heavy (non-hydrogen) atoms. The van der Waals surface area contributed by atoms with E-state index in [9.17, 15) is 40.5 Å². The third-order valence-electron chi connectivity index (χ3n) is 18.2. The summed E-state index contributed by atoms with van der Waals surface area (Å²) in [5.41, 5.74) is 1.43. The first kappa shape index (κ1) is 49.0. The average Bonchev–Trinajstić information content (AvgIpc) is 4.10. The third kappa shape index (κ3) is 8.23. The molecule has 9 aliphatic rings. The van der Waals surface area contributed by atoms with E-state index in [1.165, 1.54) is 24.0 Å². The van der Waals surface area contributed by atoms with Gasteiger partial charge in [0, 0.05) is 12.3 Å². The highest BCUT2D eigenvalue weighted by Gasteiger charge is 2.69. The van der Waals surface area contributed by atoms with Crippen LogP contribution in [0.25, 0.3) is 0 Å². The number of carbonyl (C=O) groups is 1. The SMILES string of the molecule is C#CC1OC(OC2C(OC3CCC4(C)C(=CCC5C4CCC4(C)C5CC5OC6(CCC(C)CO6)C(C)C54)C3)OC(CO)C(OC3OC(COC(=O)c4ccco4)C(O)C3O)C2O)C(O)C(O)C1O. The molecule has 1 spiro atoms. The largest absolute Gasteiger partial charge is 0.457 e. The number of furan rings is 1. The van der Waals surface area contributed by atoms with Crippen LogP contribution in [0.2, 0.25) is 0 Å². The molecule has 1 aromatic heterocycles. The maximum absolute atomic E-state index is 12.4. The normalized spacial score (nSPS) is 52.1. The van der Waals surface area contributed by atoms with Crippen molar-refractivity contribution in [3.63, 3.8) is 0 Å². The van der Waals surface area contributed by atoms with Crippen molar-refractivity contribution >= 4 is 5.97 Å². The van der Waals surface area contributed by atoms with Gasteiger partial charge in [0.05, 0.1) is 31.7 Å². The lowest BCUT2D eigenvalue weighted by Gasteiger charge is -2.58. The molecule has 378 valence electrons. The van der Waals surface area contributed by atoms with Gasteiger partial charge in [0.15, 0.2) is 24.7 Å². The summed E-state index contributed by atoms with van der Waals surface area (Å²) >= 11 is 0. The van der Waals surface area contributed by atoms with Gasteiger partial charge in [-0.1, -0.05) is 45.3 Å². The van der Waals surface area contributed by atoms with E-state index in [1.807, 2.05) is 0 Å². The van der Waals surface area contributed by atoms with Crippen LogP contribution in [0.5, 0.6) is 0 Å². The van der Waals surface area contributed by atoms with Crippen LogP contribution in [0, 0.1) is 58.7 Å². The molecule has 0 amide bonds. The molecule has 3 saturated carbocycles. The molecule has 1 aromatic rings. The molecule has 10 rings (SSSR count). The highest BCUT2D eigenvalue weighted by Crippen LogP contribution is 2.70. The zero-order chi connectivity index (χ0) is 48.0. The highest BCUT2D eigenvalue weighted by atomic mass is 16.8. The Morgan fingerprint density at radius 3 is 2.31 bits per heavy atom. The number of rotatable bonds is 10. The number of allylic oxidation sites excluding steroid dienone is 1. The van der Waals surface area contributed by atoms with E-state index < -0.39 is 117 Å². The lowest BCUT2D eigenvalue weighted by Crippen LogP contribution is -2.65. The standard InChI is InChI=1S/C50H70O18/c1-6-30-36(52)38(54)40(56)46(63-30)67-43-41(57)42(66-45-39(55)37(53)34(65-45)22-60-44(58)31-8-7-17-59-31)33(20-51)64-47(43)62-26-12-14-48(4)25(18-26)9-10-27-28(48)13-15-49(5)29(27)19-32-35(49)24(3)50(68-32)16-11-23(2)21-61-50/h1,7-9,17,23-24,26-30,32-43,45-47,51-57H,10-16,18-22H2,2-5H3. The van der Waals surface area contributed by atoms with Crippen LogP contribution in [0.4, 0.5) is 0 Å². The molecule has 0 aromatic carbocycles. The number of aliphatic hydroxyl groups excluding tert-OH is 7. The maximum atomic E-state index is 12.4. The third-order valence-corrected chi connectivity index (χ3v) is 18.2. The first-order valence-corrected chi connectivity index (χ1v) is 24.8. The van der Waals surface area contributed by atoms with Crippen LogP contribution in [0.1, 0.15) is 96.0 Å². The van der Waals surface area contributed by atoms with Gasteiger partial charge in [-0.2, -0.15) is 0 Å². The average molecular weight is 959 g/mol. The Bertz CT molecular complexity index is 2020. The molecule has 18 nitrogen and oxygen atoms in total. The second kappa shape index (κ2) is 18.8. The van der Waals surface area contributed by atoms with Gasteiger partial charge in [0.25, 0.3) is 0 Å². The van der Waals surface area contributed by atoms with Crippen molar-refractivity contribution in [2.75, 3.05) is 19.8 Å². The predicted molar refractivity (Wildman–Crippen MR) is 233 cm³/mol. The van der Waals surface area contributed by atoms with Crippen molar-refractivity contribution < 1.29 is 87.6 Å². The number of carbonyl (C=O) groups excluding carboxylic acids is 1. The van der Waals surface area contributed by atoms with Gasteiger partial charge in [-0.3, -0.25) is 0 Å². The second-order valence-corrected chi connectivity index (χ2v) is 21.9. The molecule has 5 saturated heterocycles. The van der Waals surface area contributed by atoms with Crippen molar-refractivity contribution in [1.29, 1.82) is 0 Å². The fourth-order valence-electron chi connectivity index (χ4n) is 14.4. The smallest absolute Gasteiger partial charge is 0.374 e. The summed E-state index contributed by atoms with van der Waals surface area (Å²) in [6, 6.07) is 2.90. The first-order chi connectivity index (χ1) is 32.5. The Morgan fingerprint density at radius 1 is 0.838 bits per heavy atom. The number of esters is 1. The summed E-state index contributed by atoms with van der Waals surface area (Å²) in [5, 5.41) is 76.9. The van der Waals surface area contributed by atoms with Crippen molar-refractivity contribution in [2.24, 2.45) is 46.3 Å². The zero-order valence-electron chi connectivity index (χ0n) is 39.2. The lowest BCUT2D eigenvalue weighted by atomic mass is 9.47. The molecule has 7 N–H and O–H groups in total. The number of fused-ring (bicyclic) bond motifs is 7. The molecule has 0 bridgehead atoms. The number of ether oxygens (including phenoxy) is 9. The lowest BCUT2D eigenvalue weighted by molar-refractivity contribution is -0.378. The molecule has 5 aliphatic heterocycles. The molecule has 0 radical (unpaired) electrons. The molecule has 25 unspecified atom stereocenters. The van der Waals surface area contributed by atoms with Crippen LogP contribution in [-0.4, -0.2) is 166 Å². The van der Waals surface area contributed by atoms with E-state index in [-0.39, 0.29) is 22.7 Å². The topological polar surface area (TPSA) is 255 Å². The Kier molecular flexibility index (Phi) is 13.6. The Balaban J connectivity index is 0.841. The quantitative estimate of drug-likeness (QED) is 0.100. The van der Waals surface area contributed by atoms with E-state index in [2.05, 4.69) is 39.7 Å². The summed E-state index contributed by atoms with van der Waals surface area (Å²) in [6.45, 7) is 9.12. The van der Waals surface area contributed by atoms with E-state index >= 15 is 0 Å². The van der Waals surface area contributed by atoms with E-state index in [0.29, 0.717) is 48.3 Å². The van der Waals surface area contributed by atoms with Gasteiger partial charge >= 0.3 is 5.97 Å². The van der Waals surface area contributed by atoms with Gasteiger partial charge in [-0.05, 0) is 104 Å². The van der Waals surface area contributed by atoms with Crippen molar-refractivity contribution in [3.8, 4) is 12.3 Å². The van der Waals surface area contributed by atoms with Crippen molar-refractivity contribution in [2.45, 2.75) is 189 Å². The minimum absolute atomic E-state index is 0.0591. The van der Waals surface area contributed by atoms with Gasteiger partial charge in [0.2, 0.25) is 5.76 Å². The molecular weight excluding hydrogens is 889 g/mol. The summed E-state index contributed by atoms with van der Waals surface area (Å²) < 4.78 is 60.6. The van der Waals surface area contributed by atoms with Crippen LogP contribution >= 0.6 is 0 Å². The molecular formula is C50H70O18. The predicted octanol–water partition coefficient (Wildman–Crippen LogP) is 1.92. The monoisotopic (exact) mass is 958 g/mol. The highest BCUT2D eigenvalue weighted by molar-refractivity contribution is 5.86. The van der Waals surface area contributed by atoms with E-state index in [1.54, 1.807) is 0 Å². The van der Waals surface area contributed by atoms with Gasteiger partial charge in [0.1, 0.15) is 73.8 Å². The fourth-order valence-corrected chi connectivity index (χ4v) is 14.4. The molecule has 25 atom stereocenters. The van der Waals surface area contributed by atoms with E-state index in [0.717, 1.165) is 51.6 Å². The Labute approximate surface area is 396 Å². The summed E-state index contributed by atoms with van der Waals surface area (Å²) in [4.78, 5) is 12.4. The zero-order valence-corrected chi connectivity index (χ0v) is 39.2. The molecule has 6 heterocycles. The van der Waals surface area contributed by atoms with Crippen LogP contribution in [-0.2, 0) is 42.6 Å². The minimum atomic E-state index is -1.83. The van der Waals surface area contributed by atoms with Gasteiger partial charge < -0.3 is 82.8 Å². The van der Waals surface area contributed by atoms with Crippen LogP contribution in [0.3, 0.4) is 0 Å². The van der Waals surface area contributed by atoms with E-state index in [4.69, 9.17) is 53.5 Å². The van der Waals surface area contributed by atoms with Crippen LogP contribution in [0.15, 0.2) is 34.5 Å². The number of terminal acetylenes is 1. The minimum Gasteiger partial charge on any atom is -0.457 e. The van der Waals surface area contributed by atoms with Gasteiger partial charge in [-0.15, -0.1) is 6.42 Å². The summed E-state index contributed by atoms with van der Waals surface area (Å²) in [6.07, 6.45) is -4.48. The summed E-state index contributed by atoms with van der Waals surface area (Å²) in [7, 11) is 0.